The van der Waals surface area contributed by atoms with Gasteiger partial charge in [-0.2, -0.15) is 0 Å². The Hall–Kier alpha value is -1.33. The van der Waals surface area contributed by atoms with Gasteiger partial charge in [0.1, 0.15) is 11.3 Å². The number of carbonyl (C=O) groups is 2. The summed E-state index contributed by atoms with van der Waals surface area (Å²) >= 11 is 0.963. The van der Waals surface area contributed by atoms with E-state index in [-0.39, 0.29) is 28.7 Å². The molecule has 0 saturated heterocycles. The molecule has 1 aliphatic rings. The second-order valence-corrected chi connectivity index (χ2v) is 6.40. The van der Waals surface area contributed by atoms with E-state index in [1.807, 2.05) is 6.92 Å². The van der Waals surface area contributed by atoms with E-state index in [0.29, 0.717) is 13.0 Å². The zero-order valence-corrected chi connectivity index (χ0v) is 12.8. The van der Waals surface area contributed by atoms with Crippen LogP contribution in [0.25, 0.3) is 0 Å². The number of rotatable bonds is 7. The van der Waals surface area contributed by atoms with Gasteiger partial charge >= 0.3 is 0 Å². The van der Waals surface area contributed by atoms with Gasteiger partial charge in [-0.3, -0.25) is 9.59 Å². The van der Waals surface area contributed by atoms with Gasteiger partial charge in [0.05, 0.1) is 4.75 Å². The lowest BCUT2D eigenvalue weighted by molar-refractivity contribution is -0.118. The largest absolute Gasteiger partial charge is 0.510 e. The second kappa shape index (κ2) is 6.90. The molecule has 0 unspecified atom stereocenters. The number of carbonyl (C=O) groups excluding carboxylic acids is 2. The zero-order chi connectivity index (χ0) is 15.3. The minimum absolute atomic E-state index is 0.0670. The third-order valence-corrected chi connectivity index (χ3v) is 4.30. The molecule has 0 saturated carbocycles. The summed E-state index contributed by atoms with van der Waals surface area (Å²) in [5.41, 5.74) is 6.15. The van der Waals surface area contributed by atoms with Gasteiger partial charge in [-0.1, -0.05) is 36.1 Å². The number of Topliss-reactive ketones (excluding diaryl/α,β-unsaturated/α-hetero) is 1. The molecule has 0 aromatic carbocycles. The summed E-state index contributed by atoms with van der Waals surface area (Å²) in [6, 6.07) is 0. The highest BCUT2D eigenvalue weighted by atomic mass is 32.2. The first-order chi connectivity index (χ1) is 9.35. The van der Waals surface area contributed by atoms with E-state index in [4.69, 9.17) is 5.73 Å². The third-order valence-electron chi connectivity index (χ3n) is 3.18. The molecule has 0 fully saturated rings. The Morgan fingerprint density at radius 1 is 1.50 bits per heavy atom. The standard InChI is InChI=1S/C15H21NO3S/c1-4-10(2)9-15(3)13(18)12(14(19)20-15)11(17)7-5-6-8-16/h4,9,18H,1,5-8,16H2,2-3H3/b10-9+/t15-/m1/s1. The summed E-state index contributed by atoms with van der Waals surface area (Å²) in [4.78, 5) is 24.0. The number of allylic oxidation sites excluding steroid dienone is 2. The van der Waals surface area contributed by atoms with Crippen LogP contribution in [0.5, 0.6) is 0 Å². The normalized spacial score (nSPS) is 23.4. The molecule has 110 valence electrons. The summed E-state index contributed by atoms with van der Waals surface area (Å²) < 4.78 is -0.881. The number of ketones is 1. The fraction of sp³-hybridized carbons (Fsp3) is 0.467. The lowest BCUT2D eigenvalue weighted by atomic mass is 9.98. The van der Waals surface area contributed by atoms with E-state index in [9.17, 15) is 14.7 Å². The van der Waals surface area contributed by atoms with Crippen molar-refractivity contribution in [3.05, 3.63) is 35.6 Å². The average Bonchev–Trinajstić information content (AvgIpc) is 2.59. The molecule has 0 aromatic rings. The van der Waals surface area contributed by atoms with E-state index < -0.39 is 4.75 Å². The van der Waals surface area contributed by atoms with E-state index in [0.717, 1.165) is 23.8 Å². The summed E-state index contributed by atoms with van der Waals surface area (Å²) in [5.74, 6) is -0.451. The smallest absolute Gasteiger partial charge is 0.227 e. The zero-order valence-electron chi connectivity index (χ0n) is 11.9. The molecular formula is C15H21NO3S. The van der Waals surface area contributed by atoms with Crippen LogP contribution in [-0.2, 0) is 9.59 Å². The van der Waals surface area contributed by atoms with Crippen molar-refractivity contribution < 1.29 is 14.7 Å². The Morgan fingerprint density at radius 3 is 2.70 bits per heavy atom. The van der Waals surface area contributed by atoms with Crippen molar-refractivity contribution >= 4 is 22.7 Å². The number of thioether (sulfide) groups is 1. The number of aliphatic hydroxyl groups is 1. The number of nitrogens with two attached hydrogens (primary N) is 1. The Labute approximate surface area is 123 Å². The molecule has 0 amide bonds. The molecule has 0 bridgehead atoms. The average molecular weight is 295 g/mol. The minimum atomic E-state index is -0.881. The van der Waals surface area contributed by atoms with Crippen LogP contribution < -0.4 is 5.73 Å². The van der Waals surface area contributed by atoms with Crippen LogP contribution in [0, 0.1) is 0 Å². The maximum atomic E-state index is 12.1. The lowest BCUT2D eigenvalue weighted by Gasteiger charge is -2.18. The molecule has 0 aromatic heterocycles. The van der Waals surface area contributed by atoms with Crippen LogP contribution in [0.2, 0.25) is 0 Å². The van der Waals surface area contributed by atoms with Gasteiger partial charge in [0.2, 0.25) is 5.12 Å². The summed E-state index contributed by atoms with van der Waals surface area (Å²) in [6.07, 6.45) is 4.99. The van der Waals surface area contributed by atoms with E-state index in [1.54, 1.807) is 19.1 Å². The van der Waals surface area contributed by atoms with Crippen molar-refractivity contribution in [1.82, 2.24) is 0 Å². The Kier molecular flexibility index (Phi) is 5.77. The van der Waals surface area contributed by atoms with Crippen LogP contribution in [0.15, 0.2) is 35.6 Å². The quantitative estimate of drug-likeness (QED) is 0.429. The van der Waals surface area contributed by atoms with Gasteiger partial charge in [0.25, 0.3) is 0 Å². The third kappa shape index (κ3) is 3.61. The number of hydrogen-bond acceptors (Lipinski definition) is 5. The predicted molar refractivity (Wildman–Crippen MR) is 82.5 cm³/mol. The van der Waals surface area contributed by atoms with Crippen molar-refractivity contribution in [3.63, 3.8) is 0 Å². The monoisotopic (exact) mass is 295 g/mol. The SMILES string of the molecule is C=C/C(C)=C/[C@@]1(C)SC(=O)C(C(=O)CCCCN)=C1O. The molecule has 3 N–H and O–H groups in total. The highest BCUT2D eigenvalue weighted by molar-refractivity contribution is 8.16. The summed E-state index contributed by atoms with van der Waals surface area (Å²) in [7, 11) is 0. The van der Waals surface area contributed by atoms with Crippen LogP contribution in [0.1, 0.15) is 33.1 Å². The van der Waals surface area contributed by atoms with Gasteiger partial charge in [0, 0.05) is 6.42 Å². The van der Waals surface area contributed by atoms with Crippen molar-refractivity contribution in [1.29, 1.82) is 0 Å². The maximum Gasteiger partial charge on any atom is 0.227 e. The van der Waals surface area contributed by atoms with Gasteiger partial charge in [0.15, 0.2) is 5.78 Å². The topological polar surface area (TPSA) is 80.4 Å². The Bertz CT molecular complexity index is 493. The number of aliphatic hydroxyl groups excluding tert-OH is 1. The lowest BCUT2D eigenvalue weighted by Crippen LogP contribution is -2.18. The van der Waals surface area contributed by atoms with Gasteiger partial charge in [-0.25, -0.2) is 0 Å². The first kappa shape index (κ1) is 16.7. The molecular weight excluding hydrogens is 274 g/mol. The van der Waals surface area contributed by atoms with E-state index >= 15 is 0 Å². The minimum Gasteiger partial charge on any atom is -0.510 e. The van der Waals surface area contributed by atoms with Crippen LogP contribution in [0.4, 0.5) is 0 Å². The van der Waals surface area contributed by atoms with Gasteiger partial charge in [-0.15, -0.1) is 0 Å². The molecule has 0 aliphatic carbocycles. The van der Waals surface area contributed by atoms with Crippen molar-refractivity contribution in [2.75, 3.05) is 6.54 Å². The molecule has 0 radical (unpaired) electrons. The van der Waals surface area contributed by atoms with Gasteiger partial charge in [-0.05, 0) is 33.2 Å². The molecule has 1 rings (SSSR count). The molecule has 20 heavy (non-hydrogen) atoms. The molecule has 1 aliphatic heterocycles. The summed E-state index contributed by atoms with van der Waals surface area (Å²) in [5, 5.41) is 9.90. The Balaban J connectivity index is 3.00. The fourth-order valence-corrected chi connectivity index (χ4v) is 3.17. The number of unbranched alkanes of at least 4 members (excludes halogenated alkanes) is 1. The molecule has 5 heteroatoms. The second-order valence-electron chi connectivity index (χ2n) is 4.98. The van der Waals surface area contributed by atoms with E-state index in [2.05, 4.69) is 6.58 Å². The van der Waals surface area contributed by atoms with Crippen LogP contribution in [-0.4, -0.2) is 27.3 Å². The van der Waals surface area contributed by atoms with E-state index in [1.165, 1.54) is 0 Å². The molecule has 4 nitrogen and oxygen atoms in total. The molecule has 1 heterocycles. The maximum absolute atomic E-state index is 12.1. The highest BCUT2D eigenvalue weighted by Gasteiger charge is 2.44. The van der Waals surface area contributed by atoms with Crippen molar-refractivity contribution in [2.45, 2.75) is 37.9 Å². The fourth-order valence-electron chi connectivity index (χ4n) is 2.03. The molecule has 1 atom stereocenters. The molecule has 0 spiro atoms. The van der Waals surface area contributed by atoms with Gasteiger partial charge < -0.3 is 10.8 Å². The van der Waals surface area contributed by atoms with Crippen molar-refractivity contribution in [3.8, 4) is 0 Å². The summed E-state index contributed by atoms with van der Waals surface area (Å²) in [6.45, 7) is 7.71. The first-order valence-electron chi connectivity index (χ1n) is 6.58. The van der Waals surface area contributed by atoms with Crippen LogP contribution in [0.3, 0.4) is 0 Å². The highest BCUT2D eigenvalue weighted by Crippen LogP contribution is 2.44. The predicted octanol–water partition coefficient (Wildman–Crippen LogP) is 2.66. The van der Waals surface area contributed by atoms with Crippen molar-refractivity contribution in [2.24, 2.45) is 5.73 Å². The Morgan fingerprint density at radius 2 is 2.15 bits per heavy atom. The number of hydrogen-bond donors (Lipinski definition) is 2. The van der Waals surface area contributed by atoms with Crippen LogP contribution >= 0.6 is 11.8 Å². The first-order valence-corrected chi connectivity index (χ1v) is 7.39.